The number of hydrogen-bond donors (Lipinski definition) is 1. The number of rotatable bonds is 6. The zero-order valence-corrected chi connectivity index (χ0v) is 11.7. The Hall–Kier alpha value is -0.610. The van der Waals surface area contributed by atoms with Crippen LogP contribution in [0.3, 0.4) is 0 Å². The normalized spacial score (nSPS) is 10.3. The number of carbonyl (C=O) groups is 1. The van der Waals surface area contributed by atoms with E-state index < -0.39 is 5.82 Å². The van der Waals surface area contributed by atoms with Gasteiger partial charge in [0.15, 0.2) is 0 Å². The van der Waals surface area contributed by atoms with Crippen molar-refractivity contribution in [3.05, 3.63) is 34.6 Å². The molecule has 0 aliphatic rings. The van der Waals surface area contributed by atoms with Crippen molar-refractivity contribution in [3.8, 4) is 0 Å². The maximum absolute atomic E-state index is 12.9. The molecule has 1 amide bonds. The van der Waals surface area contributed by atoms with Gasteiger partial charge in [-0.3, -0.25) is 4.79 Å². The average molecular weight is 323 g/mol. The summed E-state index contributed by atoms with van der Waals surface area (Å²) in [5.41, 5.74) is 0.386. The summed E-state index contributed by atoms with van der Waals surface area (Å²) in [7, 11) is 0. The highest BCUT2D eigenvalue weighted by molar-refractivity contribution is 9.09. The van der Waals surface area contributed by atoms with E-state index in [1.165, 1.54) is 18.2 Å². The predicted molar refractivity (Wildman–Crippen MR) is 71.4 cm³/mol. The number of benzene rings is 1. The highest BCUT2D eigenvalue weighted by Crippen LogP contribution is 2.15. The molecule has 1 aromatic rings. The molecule has 0 radical (unpaired) electrons. The Balaban J connectivity index is 2.39. The van der Waals surface area contributed by atoms with Crippen molar-refractivity contribution in [2.45, 2.75) is 19.3 Å². The van der Waals surface area contributed by atoms with Gasteiger partial charge in [0.05, 0.1) is 5.02 Å². The Labute approximate surface area is 114 Å². The minimum Gasteiger partial charge on any atom is -0.352 e. The van der Waals surface area contributed by atoms with Crippen LogP contribution >= 0.6 is 27.5 Å². The second-order valence-corrected chi connectivity index (χ2v) is 4.83. The first-order valence-electron chi connectivity index (χ1n) is 5.44. The van der Waals surface area contributed by atoms with Gasteiger partial charge in [-0.25, -0.2) is 4.39 Å². The third-order valence-corrected chi connectivity index (χ3v) is 3.13. The van der Waals surface area contributed by atoms with Crippen LogP contribution in [0.2, 0.25) is 5.02 Å². The molecule has 0 fully saturated rings. The molecular formula is C12H14BrClFNO. The third-order valence-electron chi connectivity index (χ3n) is 2.28. The van der Waals surface area contributed by atoms with E-state index in [4.69, 9.17) is 11.6 Å². The van der Waals surface area contributed by atoms with Gasteiger partial charge in [-0.05, 0) is 31.0 Å². The predicted octanol–water partition coefficient (Wildman–Crippen LogP) is 3.77. The van der Waals surface area contributed by atoms with Crippen LogP contribution in [-0.2, 0) is 0 Å². The van der Waals surface area contributed by atoms with Gasteiger partial charge in [0, 0.05) is 17.4 Å². The molecule has 1 aromatic carbocycles. The fourth-order valence-electron chi connectivity index (χ4n) is 1.34. The number of carbonyl (C=O) groups excluding carboxylic acids is 1. The van der Waals surface area contributed by atoms with Gasteiger partial charge < -0.3 is 5.32 Å². The molecule has 0 aliphatic carbocycles. The highest BCUT2D eigenvalue weighted by Gasteiger charge is 2.07. The smallest absolute Gasteiger partial charge is 0.251 e. The highest BCUT2D eigenvalue weighted by atomic mass is 79.9. The summed E-state index contributed by atoms with van der Waals surface area (Å²) < 4.78 is 12.9. The minimum absolute atomic E-state index is 0.0306. The van der Waals surface area contributed by atoms with E-state index in [1.54, 1.807) is 0 Å². The molecule has 17 heavy (non-hydrogen) atoms. The fraction of sp³-hybridized carbons (Fsp3) is 0.417. The van der Waals surface area contributed by atoms with Gasteiger partial charge in [-0.15, -0.1) is 0 Å². The fourth-order valence-corrected chi connectivity index (χ4v) is 1.91. The Bertz CT molecular complexity index is 387. The number of unbranched alkanes of at least 4 members (excludes halogenated alkanes) is 2. The maximum Gasteiger partial charge on any atom is 0.251 e. The molecule has 0 unspecified atom stereocenters. The lowest BCUT2D eigenvalue weighted by Crippen LogP contribution is -2.24. The molecule has 2 nitrogen and oxygen atoms in total. The largest absolute Gasteiger partial charge is 0.352 e. The summed E-state index contributed by atoms with van der Waals surface area (Å²) in [5, 5.41) is 3.72. The number of nitrogens with one attached hydrogen (secondary N) is 1. The topological polar surface area (TPSA) is 29.1 Å². The molecule has 1 N–H and O–H groups in total. The Kier molecular flexibility index (Phi) is 6.52. The summed E-state index contributed by atoms with van der Waals surface area (Å²) in [5.74, 6) is -0.730. The number of hydrogen-bond acceptors (Lipinski definition) is 1. The Morgan fingerprint density at radius 1 is 1.35 bits per heavy atom. The lowest BCUT2D eigenvalue weighted by Gasteiger charge is -2.05. The zero-order chi connectivity index (χ0) is 12.7. The molecule has 0 spiro atoms. The molecule has 0 aliphatic heterocycles. The molecule has 0 saturated carbocycles. The van der Waals surface area contributed by atoms with Crippen molar-refractivity contribution in [2.75, 3.05) is 11.9 Å². The van der Waals surface area contributed by atoms with Crippen LogP contribution in [-0.4, -0.2) is 17.8 Å². The lowest BCUT2D eigenvalue weighted by atomic mass is 10.2. The standard InChI is InChI=1S/C12H14BrClFNO/c13-6-2-1-3-7-16-12(17)9-4-5-11(15)10(14)8-9/h4-5,8H,1-3,6-7H2,(H,16,17). The SMILES string of the molecule is O=C(NCCCCCBr)c1ccc(F)c(Cl)c1. The monoisotopic (exact) mass is 321 g/mol. The first-order valence-corrected chi connectivity index (χ1v) is 6.94. The van der Waals surface area contributed by atoms with E-state index in [1.807, 2.05) is 0 Å². The number of halogens is 3. The molecule has 0 saturated heterocycles. The van der Waals surface area contributed by atoms with Crippen molar-refractivity contribution in [1.82, 2.24) is 5.32 Å². The second kappa shape index (κ2) is 7.67. The van der Waals surface area contributed by atoms with Crippen LogP contribution in [0, 0.1) is 5.82 Å². The summed E-state index contributed by atoms with van der Waals surface area (Å²) in [6, 6.07) is 3.96. The van der Waals surface area contributed by atoms with Crippen LogP contribution in [0.15, 0.2) is 18.2 Å². The van der Waals surface area contributed by atoms with Crippen LogP contribution in [0.1, 0.15) is 29.6 Å². The molecule has 94 valence electrons. The molecule has 0 heterocycles. The Morgan fingerprint density at radius 2 is 2.12 bits per heavy atom. The molecular weight excluding hydrogens is 308 g/mol. The van der Waals surface area contributed by atoms with Gasteiger partial charge in [0.1, 0.15) is 5.82 Å². The van der Waals surface area contributed by atoms with Crippen molar-refractivity contribution < 1.29 is 9.18 Å². The summed E-state index contributed by atoms with van der Waals surface area (Å²) >= 11 is 8.94. The lowest BCUT2D eigenvalue weighted by molar-refractivity contribution is 0.0953. The average Bonchev–Trinajstić information content (AvgIpc) is 2.32. The van der Waals surface area contributed by atoms with Crippen molar-refractivity contribution in [1.29, 1.82) is 0 Å². The Morgan fingerprint density at radius 3 is 2.76 bits per heavy atom. The molecule has 5 heteroatoms. The van der Waals surface area contributed by atoms with E-state index in [0.29, 0.717) is 12.1 Å². The van der Waals surface area contributed by atoms with E-state index >= 15 is 0 Å². The molecule has 1 rings (SSSR count). The summed E-state index contributed by atoms with van der Waals surface area (Å²) in [6.45, 7) is 0.626. The van der Waals surface area contributed by atoms with Gasteiger partial charge in [0.25, 0.3) is 5.91 Å². The summed E-state index contributed by atoms with van der Waals surface area (Å²) in [4.78, 5) is 11.6. The maximum atomic E-state index is 12.9. The van der Waals surface area contributed by atoms with Crippen molar-refractivity contribution in [3.63, 3.8) is 0 Å². The summed E-state index contributed by atoms with van der Waals surface area (Å²) in [6.07, 6.45) is 3.10. The van der Waals surface area contributed by atoms with E-state index in [0.717, 1.165) is 24.6 Å². The van der Waals surface area contributed by atoms with Crippen LogP contribution in [0.25, 0.3) is 0 Å². The van der Waals surface area contributed by atoms with E-state index in [9.17, 15) is 9.18 Å². The van der Waals surface area contributed by atoms with Gasteiger partial charge in [0.2, 0.25) is 0 Å². The second-order valence-electron chi connectivity index (χ2n) is 3.63. The van der Waals surface area contributed by atoms with Gasteiger partial charge in [-0.1, -0.05) is 34.0 Å². The zero-order valence-electron chi connectivity index (χ0n) is 9.31. The first-order chi connectivity index (χ1) is 8.15. The van der Waals surface area contributed by atoms with Gasteiger partial charge >= 0.3 is 0 Å². The van der Waals surface area contributed by atoms with Crippen LogP contribution < -0.4 is 5.32 Å². The third kappa shape index (κ3) is 5.04. The molecule has 0 bridgehead atoms. The van der Waals surface area contributed by atoms with Crippen LogP contribution in [0.4, 0.5) is 4.39 Å². The van der Waals surface area contributed by atoms with Crippen LogP contribution in [0.5, 0.6) is 0 Å². The van der Waals surface area contributed by atoms with Crippen molar-refractivity contribution in [2.24, 2.45) is 0 Å². The quantitative estimate of drug-likeness (QED) is 0.627. The number of alkyl halides is 1. The van der Waals surface area contributed by atoms with E-state index in [2.05, 4.69) is 21.2 Å². The molecule has 0 atom stereocenters. The first kappa shape index (κ1) is 14.5. The van der Waals surface area contributed by atoms with Gasteiger partial charge in [-0.2, -0.15) is 0 Å². The number of amides is 1. The van der Waals surface area contributed by atoms with E-state index in [-0.39, 0.29) is 10.9 Å². The molecule has 0 aromatic heterocycles. The van der Waals surface area contributed by atoms with Crippen molar-refractivity contribution >= 4 is 33.4 Å². The minimum atomic E-state index is -0.513.